The molecule has 0 unspecified atom stereocenters. The van der Waals surface area contributed by atoms with Gasteiger partial charge in [0.1, 0.15) is 21.2 Å². The highest BCUT2D eigenvalue weighted by atomic mass is 32.2. The minimum absolute atomic E-state index is 0.0283. The van der Waals surface area contributed by atoms with Gasteiger partial charge >= 0.3 is 5.69 Å². The van der Waals surface area contributed by atoms with Crippen molar-refractivity contribution in [2.75, 3.05) is 17.7 Å². The third-order valence-electron chi connectivity index (χ3n) is 4.80. The average molecular weight is 500 g/mol. The number of rotatable bonds is 7. The minimum atomic E-state index is -0.529. The SMILES string of the molecule is CCOc1ccc(-c2nc(SCC(=O)Nc3nnc(C)s3)c3c(=O)n(C)c(=O)n(C)c3n2)cc1. The van der Waals surface area contributed by atoms with Gasteiger partial charge in [-0.15, -0.1) is 10.2 Å². The van der Waals surface area contributed by atoms with E-state index in [0.717, 1.165) is 21.3 Å². The van der Waals surface area contributed by atoms with Crippen LogP contribution >= 0.6 is 23.1 Å². The number of benzene rings is 1. The van der Waals surface area contributed by atoms with Crippen LogP contribution in [0.25, 0.3) is 22.4 Å². The Labute approximate surface area is 201 Å². The van der Waals surface area contributed by atoms with E-state index in [4.69, 9.17) is 4.74 Å². The Balaban J connectivity index is 1.75. The Bertz CT molecular complexity index is 1490. The molecule has 0 aliphatic heterocycles. The Morgan fingerprint density at radius 3 is 2.50 bits per heavy atom. The summed E-state index contributed by atoms with van der Waals surface area (Å²) in [7, 11) is 2.93. The highest BCUT2D eigenvalue weighted by Crippen LogP contribution is 2.27. The molecule has 0 spiro atoms. The van der Waals surface area contributed by atoms with Gasteiger partial charge in [0.2, 0.25) is 11.0 Å². The zero-order chi connectivity index (χ0) is 24.4. The molecular weight excluding hydrogens is 478 g/mol. The van der Waals surface area contributed by atoms with Gasteiger partial charge in [-0.2, -0.15) is 0 Å². The lowest BCUT2D eigenvalue weighted by molar-refractivity contribution is -0.113. The van der Waals surface area contributed by atoms with Crippen LogP contribution in [0.3, 0.4) is 0 Å². The molecule has 3 heterocycles. The van der Waals surface area contributed by atoms with Crippen LogP contribution < -0.4 is 21.3 Å². The van der Waals surface area contributed by atoms with Gasteiger partial charge in [-0.1, -0.05) is 23.1 Å². The van der Waals surface area contributed by atoms with Gasteiger partial charge in [-0.05, 0) is 38.1 Å². The largest absolute Gasteiger partial charge is 0.494 e. The molecule has 1 aromatic carbocycles. The van der Waals surface area contributed by atoms with Crippen molar-refractivity contribution in [2.24, 2.45) is 14.1 Å². The number of carbonyl (C=O) groups excluding carboxylic acids is 1. The summed E-state index contributed by atoms with van der Waals surface area (Å²) in [5, 5.41) is 12.0. The number of nitrogens with zero attached hydrogens (tertiary/aromatic N) is 6. The predicted molar refractivity (Wildman–Crippen MR) is 131 cm³/mol. The number of amides is 1. The quantitative estimate of drug-likeness (QED) is 0.299. The van der Waals surface area contributed by atoms with Gasteiger partial charge in [-0.3, -0.25) is 24.0 Å². The fourth-order valence-electron chi connectivity index (χ4n) is 3.17. The highest BCUT2D eigenvalue weighted by molar-refractivity contribution is 8.00. The van der Waals surface area contributed by atoms with E-state index in [9.17, 15) is 14.4 Å². The summed E-state index contributed by atoms with van der Waals surface area (Å²) in [6.07, 6.45) is 0. The normalized spacial score (nSPS) is 11.1. The number of fused-ring (bicyclic) bond motifs is 1. The summed E-state index contributed by atoms with van der Waals surface area (Å²) in [5.74, 6) is 0.671. The molecule has 0 aliphatic rings. The molecule has 1 amide bonds. The van der Waals surface area contributed by atoms with Crippen molar-refractivity contribution in [3.8, 4) is 17.1 Å². The summed E-state index contributed by atoms with van der Waals surface area (Å²) >= 11 is 2.34. The lowest BCUT2D eigenvalue weighted by Gasteiger charge is -2.12. The molecule has 34 heavy (non-hydrogen) atoms. The fraction of sp³-hybridized carbons (Fsp3) is 0.286. The summed E-state index contributed by atoms with van der Waals surface area (Å²) in [5.41, 5.74) is -0.170. The third-order valence-corrected chi connectivity index (χ3v) is 6.53. The van der Waals surface area contributed by atoms with Crippen molar-refractivity contribution in [2.45, 2.75) is 18.9 Å². The number of aryl methyl sites for hydroxylation is 2. The maximum Gasteiger partial charge on any atom is 0.332 e. The number of ether oxygens (including phenoxy) is 1. The standard InChI is InChI=1S/C21H21N7O4S2/c1-5-32-13-8-6-12(7-9-13)16-23-17-15(19(30)28(4)21(31)27(17)3)18(24-16)33-10-14(29)22-20-26-25-11(2)34-20/h6-9H,5,10H2,1-4H3,(H,22,26,29). The van der Waals surface area contributed by atoms with E-state index in [1.807, 2.05) is 6.92 Å². The van der Waals surface area contributed by atoms with Gasteiger partial charge in [0, 0.05) is 19.7 Å². The lowest BCUT2D eigenvalue weighted by Crippen LogP contribution is -2.37. The van der Waals surface area contributed by atoms with Crippen LogP contribution in [0.5, 0.6) is 5.75 Å². The van der Waals surface area contributed by atoms with Crippen molar-refractivity contribution >= 4 is 45.2 Å². The molecule has 1 N–H and O–H groups in total. The van der Waals surface area contributed by atoms with E-state index in [1.165, 1.54) is 30.0 Å². The van der Waals surface area contributed by atoms with Crippen LogP contribution in [0.2, 0.25) is 0 Å². The number of carbonyl (C=O) groups is 1. The summed E-state index contributed by atoms with van der Waals surface area (Å²) in [4.78, 5) is 47.0. The lowest BCUT2D eigenvalue weighted by atomic mass is 10.2. The van der Waals surface area contributed by atoms with Crippen LogP contribution in [0, 0.1) is 6.92 Å². The fourth-order valence-corrected chi connectivity index (χ4v) is 4.59. The first-order valence-electron chi connectivity index (χ1n) is 10.2. The summed E-state index contributed by atoms with van der Waals surface area (Å²) < 4.78 is 7.77. The van der Waals surface area contributed by atoms with Crippen LogP contribution in [-0.4, -0.2) is 47.6 Å². The van der Waals surface area contributed by atoms with Gasteiger partial charge in [0.05, 0.1) is 12.4 Å². The maximum atomic E-state index is 12.9. The van der Waals surface area contributed by atoms with Gasteiger partial charge in [0.25, 0.3) is 5.56 Å². The number of anilines is 1. The Morgan fingerprint density at radius 2 is 1.85 bits per heavy atom. The van der Waals surface area contributed by atoms with Crippen molar-refractivity contribution in [1.82, 2.24) is 29.3 Å². The van der Waals surface area contributed by atoms with Crippen LogP contribution in [0.15, 0.2) is 38.9 Å². The molecule has 0 bridgehead atoms. The van der Waals surface area contributed by atoms with Crippen molar-refractivity contribution in [3.05, 3.63) is 50.1 Å². The first-order valence-corrected chi connectivity index (χ1v) is 12.0. The van der Waals surface area contributed by atoms with E-state index in [0.29, 0.717) is 33.9 Å². The molecule has 0 saturated carbocycles. The van der Waals surface area contributed by atoms with Gasteiger partial charge in [0.15, 0.2) is 11.5 Å². The molecule has 0 aliphatic carbocycles. The van der Waals surface area contributed by atoms with Crippen LogP contribution in [0.1, 0.15) is 11.9 Å². The molecule has 0 atom stereocenters. The molecule has 0 radical (unpaired) electrons. The highest BCUT2D eigenvalue weighted by Gasteiger charge is 2.19. The number of aromatic nitrogens is 6. The van der Waals surface area contributed by atoms with E-state index >= 15 is 0 Å². The molecule has 0 saturated heterocycles. The molecule has 4 rings (SSSR count). The summed E-state index contributed by atoms with van der Waals surface area (Å²) in [6.45, 7) is 4.22. The molecular formula is C21H21N7O4S2. The molecule has 176 valence electrons. The van der Waals surface area contributed by atoms with Gasteiger partial charge in [-0.25, -0.2) is 14.8 Å². The van der Waals surface area contributed by atoms with Gasteiger partial charge < -0.3 is 4.74 Å². The zero-order valence-electron chi connectivity index (χ0n) is 18.9. The van der Waals surface area contributed by atoms with Crippen molar-refractivity contribution in [1.29, 1.82) is 0 Å². The predicted octanol–water partition coefficient (Wildman–Crippen LogP) is 1.98. The first-order chi connectivity index (χ1) is 16.3. The first kappa shape index (κ1) is 23.6. The van der Waals surface area contributed by atoms with E-state index < -0.39 is 11.2 Å². The zero-order valence-corrected chi connectivity index (χ0v) is 20.5. The Hall–Kier alpha value is -3.58. The topological polar surface area (TPSA) is 134 Å². The molecule has 0 fully saturated rings. The van der Waals surface area contributed by atoms with E-state index in [-0.39, 0.29) is 22.7 Å². The number of thioether (sulfide) groups is 1. The maximum absolute atomic E-state index is 12.9. The molecule has 4 aromatic rings. The Morgan fingerprint density at radius 1 is 1.12 bits per heavy atom. The smallest absolute Gasteiger partial charge is 0.332 e. The van der Waals surface area contributed by atoms with Crippen LogP contribution in [-0.2, 0) is 18.9 Å². The number of nitrogens with one attached hydrogen (secondary N) is 1. The average Bonchev–Trinajstić information content (AvgIpc) is 3.24. The number of hydrogen-bond donors (Lipinski definition) is 1. The van der Waals surface area contributed by atoms with Crippen molar-refractivity contribution < 1.29 is 9.53 Å². The molecule has 3 aromatic heterocycles. The second-order valence-electron chi connectivity index (χ2n) is 7.18. The second-order valence-corrected chi connectivity index (χ2v) is 9.32. The number of hydrogen-bond acceptors (Lipinski definition) is 10. The monoisotopic (exact) mass is 499 g/mol. The molecule has 11 nitrogen and oxygen atoms in total. The molecule has 13 heteroatoms. The minimum Gasteiger partial charge on any atom is -0.494 e. The van der Waals surface area contributed by atoms with Crippen LogP contribution in [0.4, 0.5) is 5.13 Å². The third kappa shape index (κ3) is 4.70. The second kappa shape index (κ2) is 9.73. The summed E-state index contributed by atoms with van der Waals surface area (Å²) in [6, 6.07) is 7.17. The van der Waals surface area contributed by atoms with E-state index in [1.54, 1.807) is 31.2 Å². The van der Waals surface area contributed by atoms with Crippen molar-refractivity contribution in [3.63, 3.8) is 0 Å². The Kier molecular flexibility index (Phi) is 6.75. The van der Waals surface area contributed by atoms with E-state index in [2.05, 4.69) is 25.5 Å².